The average Bonchev–Trinajstić information content (AvgIpc) is 2.67. The third-order valence-electron chi connectivity index (χ3n) is 4.44. The maximum Gasteiger partial charge on any atom is 0.0653 e. The standard InChI is InChI=1S/C14H17N3/c1-4-14(5-1)9-17(10-14)8-11-2-3-12-7-15-16-13(12)6-11/h2-3,6-7H,1,4-5,8-10H2,(H,15,16). The third kappa shape index (κ3) is 1.49. The second kappa shape index (κ2) is 3.33. The summed E-state index contributed by atoms with van der Waals surface area (Å²) < 4.78 is 0. The van der Waals surface area contributed by atoms with Crippen molar-refractivity contribution in [2.75, 3.05) is 13.1 Å². The number of aromatic nitrogens is 2. The summed E-state index contributed by atoms with van der Waals surface area (Å²) in [5.74, 6) is 0. The van der Waals surface area contributed by atoms with Gasteiger partial charge in [-0.25, -0.2) is 0 Å². The Morgan fingerprint density at radius 1 is 1.29 bits per heavy atom. The molecule has 0 radical (unpaired) electrons. The van der Waals surface area contributed by atoms with E-state index in [1.165, 1.54) is 43.3 Å². The largest absolute Gasteiger partial charge is 0.298 e. The van der Waals surface area contributed by atoms with E-state index in [0.717, 1.165) is 17.5 Å². The van der Waals surface area contributed by atoms with Crippen molar-refractivity contribution in [3.05, 3.63) is 30.0 Å². The van der Waals surface area contributed by atoms with Crippen LogP contribution in [0, 0.1) is 5.41 Å². The molecular weight excluding hydrogens is 210 g/mol. The van der Waals surface area contributed by atoms with E-state index in [9.17, 15) is 0 Å². The van der Waals surface area contributed by atoms with Gasteiger partial charge in [0.25, 0.3) is 0 Å². The molecule has 1 saturated carbocycles. The highest BCUT2D eigenvalue weighted by atomic mass is 15.2. The Balaban J connectivity index is 1.48. The van der Waals surface area contributed by atoms with Crippen LogP contribution in [0.4, 0.5) is 0 Å². The Kier molecular flexibility index (Phi) is 1.89. The number of aromatic amines is 1. The number of hydrogen-bond donors (Lipinski definition) is 1. The fourth-order valence-electron chi connectivity index (χ4n) is 3.35. The molecule has 1 spiro atoms. The van der Waals surface area contributed by atoms with Gasteiger partial charge >= 0.3 is 0 Å². The molecule has 2 fully saturated rings. The predicted octanol–water partition coefficient (Wildman–Crippen LogP) is 2.55. The zero-order valence-electron chi connectivity index (χ0n) is 9.95. The van der Waals surface area contributed by atoms with Gasteiger partial charge in [0.15, 0.2) is 0 Å². The van der Waals surface area contributed by atoms with E-state index in [0.29, 0.717) is 0 Å². The van der Waals surface area contributed by atoms with Crippen molar-refractivity contribution >= 4 is 10.9 Å². The topological polar surface area (TPSA) is 31.9 Å². The molecule has 2 heterocycles. The summed E-state index contributed by atoms with van der Waals surface area (Å²) in [6, 6.07) is 6.62. The molecule has 1 N–H and O–H groups in total. The fourth-order valence-corrected chi connectivity index (χ4v) is 3.35. The van der Waals surface area contributed by atoms with E-state index in [1.807, 2.05) is 6.20 Å². The average molecular weight is 227 g/mol. The number of likely N-dealkylation sites (tertiary alicyclic amines) is 1. The lowest BCUT2D eigenvalue weighted by Crippen LogP contribution is -2.58. The minimum atomic E-state index is 0.734. The van der Waals surface area contributed by atoms with Crippen molar-refractivity contribution < 1.29 is 0 Å². The van der Waals surface area contributed by atoms with Gasteiger partial charge in [-0.05, 0) is 29.9 Å². The van der Waals surface area contributed by atoms with Gasteiger partial charge in [-0.3, -0.25) is 10.00 Å². The SMILES string of the molecule is c1cc2cn[nH]c2cc1CN1CC2(CCC2)C1. The predicted molar refractivity (Wildman–Crippen MR) is 67.7 cm³/mol. The molecule has 3 heteroatoms. The highest BCUT2D eigenvalue weighted by Gasteiger charge is 2.46. The Morgan fingerprint density at radius 2 is 2.18 bits per heavy atom. The van der Waals surface area contributed by atoms with Crippen molar-refractivity contribution in [2.45, 2.75) is 25.8 Å². The molecular formula is C14H17N3. The first-order valence-corrected chi connectivity index (χ1v) is 6.47. The number of nitrogens with one attached hydrogen (secondary N) is 1. The van der Waals surface area contributed by atoms with Crippen LogP contribution >= 0.6 is 0 Å². The van der Waals surface area contributed by atoms with E-state index in [4.69, 9.17) is 0 Å². The molecule has 0 amide bonds. The van der Waals surface area contributed by atoms with Gasteiger partial charge in [0, 0.05) is 25.0 Å². The molecule has 1 saturated heterocycles. The molecule has 0 unspecified atom stereocenters. The summed E-state index contributed by atoms with van der Waals surface area (Å²) in [6.07, 6.45) is 6.26. The molecule has 0 atom stereocenters. The molecule has 0 bridgehead atoms. The molecule has 4 rings (SSSR count). The second-order valence-electron chi connectivity index (χ2n) is 5.79. The van der Waals surface area contributed by atoms with E-state index in [2.05, 4.69) is 33.3 Å². The van der Waals surface area contributed by atoms with Crippen molar-refractivity contribution in [1.82, 2.24) is 15.1 Å². The second-order valence-corrected chi connectivity index (χ2v) is 5.79. The summed E-state index contributed by atoms with van der Waals surface area (Å²) in [6.45, 7) is 3.72. The highest BCUT2D eigenvalue weighted by Crippen LogP contribution is 2.48. The number of rotatable bonds is 2. The van der Waals surface area contributed by atoms with Crippen LogP contribution in [0.5, 0.6) is 0 Å². The van der Waals surface area contributed by atoms with Gasteiger partial charge in [0.1, 0.15) is 0 Å². The van der Waals surface area contributed by atoms with Crippen LogP contribution in [0.15, 0.2) is 24.4 Å². The van der Waals surface area contributed by atoms with Crippen LogP contribution in [0.2, 0.25) is 0 Å². The summed E-state index contributed by atoms with van der Waals surface area (Å²) >= 11 is 0. The van der Waals surface area contributed by atoms with Crippen LogP contribution in [0.1, 0.15) is 24.8 Å². The molecule has 2 aliphatic rings. The quantitative estimate of drug-likeness (QED) is 0.855. The molecule has 3 nitrogen and oxygen atoms in total. The zero-order chi connectivity index (χ0) is 11.3. The first-order valence-electron chi connectivity index (χ1n) is 6.47. The van der Waals surface area contributed by atoms with Crippen LogP contribution in [0.25, 0.3) is 10.9 Å². The maximum absolute atomic E-state index is 4.06. The third-order valence-corrected chi connectivity index (χ3v) is 4.44. The molecule has 88 valence electrons. The molecule has 1 aliphatic heterocycles. The van der Waals surface area contributed by atoms with E-state index >= 15 is 0 Å². The lowest BCUT2D eigenvalue weighted by atomic mass is 9.63. The minimum Gasteiger partial charge on any atom is -0.298 e. The summed E-state index contributed by atoms with van der Waals surface area (Å²) in [4.78, 5) is 2.57. The Bertz CT molecular complexity index is 545. The summed E-state index contributed by atoms with van der Waals surface area (Å²) in [7, 11) is 0. The monoisotopic (exact) mass is 227 g/mol. The fraction of sp³-hybridized carbons (Fsp3) is 0.500. The lowest BCUT2D eigenvalue weighted by Gasteiger charge is -2.56. The zero-order valence-corrected chi connectivity index (χ0v) is 9.95. The summed E-state index contributed by atoms with van der Waals surface area (Å²) in [5.41, 5.74) is 3.29. The number of H-pyrrole nitrogens is 1. The van der Waals surface area contributed by atoms with E-state index in [-0.39, 0.29) is 0 Å². The maximum atomic E-state index is 4.06. The lowest BCUT2D eigenvalue weighted by molar-refractivity contribution is -0.0644. The number of fused-ring (bicyclic) bond motifs is 1. The first-order chi connectivity index (χ1) is 8.33. The molecule has 1 aromatic carbocycles. The van der Waals surface area contributed by atoms with E-state index < -0.39 is 0 Å². The Morgan fingerprint density at radius 3 is 2.94 bits per heavy atom. The molecule has 1 aromatic heterocycles. The summed E-state index contributed by atoms with van der Waals surface area (Å²) in [5, 5.41) is 8.30. The van der Waals surface area contributed by atoms with Gasteiger partial charge in [0.2, 0.25) is 0 Å². The van der Waals surface area contributed by atoms with Gasteiger partial charge in [0.05, 0.1) is 11.7 Å². The molecule has 1 aliphatic carbocycles. The first kappa shape index (κ1) is 9.66. The van der Waals surface area contributed by atoms with Crippen LogP contribution in [-0.2, 0) is 6.54 Å². The van der Waals surface area contributed by atoms with Crippen molar-refractivity contribution in [1.29, 1.82) is 0 Å². The van der Waals surface area contributed by atoms with Crippen LogP contribution < -0.4 is 0 Å². The van der Waals surface area contributed by atoms with Crippen LogP contribution in [0.3, 0.4) is 0 Å². The van der Waals surface area contributed by atoms with Crippen molar-refractivity contribution in [2.24, 2.45) is 5.41 Å². The van der Waals surface area contributed by atoms with Gasteiger partial charge in [-0.15, -0.1) is 0 Å². The number of hydrogen-bond acceptors (Lipinski definition) is 2. The minimum absolute atomic E-state index is 0.734. The van der Waals surface area contributed by atoms with Crippen molar-refractivity contribution in [3.8, 4) is 0 Å². The highest BCUT2D eigenvalue weighted by molar-refractivity contribution is 5.78. The molecule has 2 aromatic rings. The Hall–Kier alpha value is -1.35. The Labute approximate surface area is 101 Å². The normalized spacial score (nSPS) is 22.6. The number of nitrogens with zero attached hydrogens (tertiary/aromatic N) is 2. The smallest absolute Gasteiger partial charge is 0.0653 e. The van der Waals surface area contributed by atoms with Gasteiger partial charge < -0.3 is 0 Å². The van der Waals surface area contributed by atoms with Crippen molar-refractivity contribution in [3.63, 3.8) is 0 Å². The molecule has 17 heavy (non-hydrogen) atoms. The van der Waals surface area contributed by atoms with Crippen LogP contribution in [-0.4, -0.2) is 28.2 Å². The van der Waals surface area contributed by atoms with Gasteiger partial charge in [-0.1, -0.05) is 18.6 Å². The number of benzene rings is 1. The van der Waals surface area contributed by atoms with Gasteiger partial charge in [-0.2, -0.15) is 5.10 Å². The van der Waals surface area contributed by atoms with E-state index in [1.54, 1.807) is 0 Å².